The SMILES string of the molecule is O=C(NC(Cc1ncc[nH]1)c1ccccc1)c1ccc(Br)o1. The number of H-pyrrole nitrogens is 1. The molecular weight excluding hydrogens is 346 g/mol. The van der Waals surface area contributed by atoms with E-state index in [1.165, 1.54) is 0 Å². The highest BCUT2D eigenvalue weighted by atomic mass is 79.9. The summed E-state index contributed by atoms with van der Waals surface area (Å²) in [4.78, 5) is 19.6. The van der Waals surface area contributed by atoms with Crippen molar-refractivity contribution in [2.45, 2.75) is 12.5 Å². The molecule has 22 heavy (non-hydrogen) atoms. The van der Waals surface area contributed by atoms with E-state index in [0.29, 0.717) is 11.1 Å². The second kappa shape index (κ2) is 6.62. The smallest absolute Gasteiger partial charge is 0.287 e. The molecule has 0 aliphatic rings. The molecule has 1 aromatic carbocycles. The van der Waals surface area contributed by atoms with Crippen molar-refractivity contribution < 1.29 is 9.21 Å². The number of furan rings is 1. The first kappa shape index (κ1) is 14.6. The predicted octanol–water partition coefficient (Wildman–Crippen LogP) is 3.48. The van der Waals surface area contributed by atoms with Crippen LogP contribution in [0.15, 0.2) is 63.9 Å². The quantitative estimate of drug-likeness (QED) is 0.732. The van der Waals surface area contributed by atoms with Gasteiger partial charge in [-0.2, -0.15) is 0 Å². The van der Waals surface area contributed by atoms with E-state index in [4.69, 9.17) is 4.42 Å². The number of rotatable bonds is 5. The number of aromatic amines is 1. The van der Waals surface area contributed by atoms with E-state index in [9.17, 15) is 4.79 Å². The van der Waals surface area contributed by atoms with Gasteiger partial charge in [0.2, 0.25) is 0 Å². The highest BCUT2D eigenvalue weighted by molar-refractivity contribution is 9.10. The molecule has 1 amide bonds. The second-order valence-electron chi connectivity index (χ2n) is 4.78. The first-order valence-corrected chi connectivity index (χ1v) is 7.61. The van der Waals surface area contributed by atoms with Gasteiger partial charge >= 0.3 is 0 Å². The van der Waals surface area contributed by atoms with Crippen LogP contribution in [0.3, 0.4) is 0 Å². The molecule has 1 unspecified atom stereocenters. The summed E-state index contributed by atoms with van der Waals surface area (Å²) < 4.78 is 5.83. The molecule has 112 valence electrons. The van der Waals surface area contributed by atoms with Gasteiger partial charge in [-0.25, -0.2) is 4.98 Å². The minimum atomic E-state index is -0.258. The Morgan fingerprint density at radius 2 is 2.09 bits per heavy atom. The molecule has 6 heteroatoms. The Kier molecular flexibility index (Phi) is 4.39. The molecule has 2 aromatic heterocycles. The van der Waals surface area contributed by atoms with E-state index < -0.39 is 0 Å². The summed E-state index contributed by atoms with van der Waals surface area (Å²) in [6.07, 6.45) is 4.04. The van der Waals surface area contributed by atoms with Crippen LogP contribution < -0.4 is 5.32 Å². The Hall–Kier alpha value is -2.34. The monoisotopic (exact) mass is 359 g/mol. The molecular formula is C16H14BrN3O2. The lowest BCUT2D eigenvalue weighted by atomic mass is 10.0. The van der Waals surface area contributed by atoms with Crippen molar-refractivity contribution in [1.29, 1.82) is 0 Å². The lowest BCUT2D eigenvalue weighted by Gasteiger charge is -2.17. The summed E-state index contributed by atoms with van der Waals surface area (Å²) in [5.74, 6) is 0.827. The summed E-state index contributed by atoms with van der Waals surface area (Å²) in [7, 11) is 0. The Morgan fingerprint density at radius 1 is 1.27 bits per heavy atom. The van der Waals surface area contributed by atoms with Crippen LogP contribution in [-0.2, 0) is 6.42 Å². The van der Waals surface area contributed by atoms with Gasteiger partial charge in [-0.15, -0.1) is 0 Å². The first-order valence-electron chi connectivity index (χ1n) is 6.82. The molecule has 5 nitrogen and oxygen atoms in total. The van der Waals surface area contributed by atoms with E-state index in [1.807, 2.05) is 30.3 Å². The number of amides is 1. The maximum atomic E-state index is 12.3. The maximum Gasteiger partial charge on any atom is 0.287 e. The maximum absolute atomic E-state index is 12.3. The Morgan fingerprint density at radius 3 is 2.73 bits per heavy atom. The molecule has 2 N–H and O–H groups in total. The number of carbonyl (C=O) groups excluding carboxylic acids is 1. The van der Waals surface area contributed by atoms with Crippen LogP contribution >= 0.6 is 15.9 Å². The second-order valence-corrected chi connectivity index (χ2v) is 5.56. The topological polar surface area (TPSA) is 70.9 Å². The van der Waals surface area contributed by atoms with E-state index in [2.05, 4.69) is 31.2 Å². The summed E-state index contributed by atoms with van der Waals surface area (Å²) in [5.41, 5.74) is 1.01. The Balaban J connectivity index is 1.80. The normalized spacial score (nSPS) is 12.0. The number of carbonyl (C=O) groups is 1. The zero-order valence-corrected chi connectivity index (χ0v) is 13.2. The van der Waals surface area contributed by atoms with Crippen LogP contribution in [0.2, 0.25) is 0 Å². The summed E-state index contributed by atoms with van der Waals surface area (Å²) in [6.45, 7) is 0. The standard InChI is InChI=1S/C16H14BrN3O2/c17-14-7-6-13(22-14)16(21)20-12(10-15-18-8-9-19-15)11-4-2-1-3-5-11/h1-9,12H,10H2,(H,18,19)(H,20,21). The molecule has 3 aromatic rings. The molecule has 0 aliphatic heterocycles. The average Bonchev–Trinajstić information content (AvgIpc) is 3.19. The third kappa shape index (κ3) is 3.46. The van der Waals surface area contributed by atoms with Gasteiger partial charge in [0.1, 0.15) is 5.82 Å². The number of aromatic nitrogens is 2. The van der Waals surface area contributed by atoms with Crippen LogP contribution in [0, 0.1) is 0 Å². The minimum Gasteiger partial charge on any atom is -0.444 e. The van der Waals surface area contributed by atoms with Gasteiger partial charge in [0, 0.05) is 18.8 Å². The van der Waals surface area contributed by atoms with E-state index in [1.54, 1.807) is 24.5 Å². The van der Waals surface area contributed by atoms with Crippen molar-refractivity contribution in [1.82, 2.24) is 15.3 Å². The fourth-order valence-electron chi connectivity index (χ4n) is 2.21. The van der Waals surface area contributed by atoms with Crippen LogP contribution in [0.1, 0.15) is 28.0 Å². The van der Waals surface area contributed by atoms with Crippen molar-refractivity contribution >= 4 is 21.8 Å². The number of halogens is 1. The number of hydrogen-bond donors (Lipinski definition) is 2. The van der Waals surface area contributed by atoms with Crippen LogP contribution in [0.5, 0.6) is 0 Å². The van der Waals surface area contributed by atoms with Gasteiger partial charge in [0.15, 0.2) is 10.4 Å². The van der Waals surface area contributed by atoms with Crippen molar-refractivity contribution in [3.63, 3.8) is 0 Å². The van der Waals surface area contributed by atoms with Gasteiger partial charge in [-0.1, -0.05) is 30.3 Å². The molecule has 0 spiro atoms. The third-order valence-electron chi connectivity index (χ3n) is 3.26. The van der Waals surface area contributed by atoms with Crippen molar-refractivity contribution in [2.75, 3.05) is 0 Å². The van der Waals surface area contributed by atoms with Crippen molar-refractivity contribution in [2.24, 2.45) is 0 Å². The number of benzene rings is 1. The minimum absolute atomic E-state index is 0.191. The number of hydrogen-bond acceptors (Lipinski definition) is 3. The number of nitrogens with zero attached hydrogens (tertiary/aromatic N) is 1. The van der Waals surface area contributed by atoms with Gasteiger partial charge in [-0.05, 0) is 33.6 Å². The molecule has 1 atom stereocenters. The largest absolute Gasteiger partial charge is 0.444 e. The zero-order chi connectivity index (χ0) is 15.4. The average molecular weight is 360 g/mol. The summed E-state index contributed by atoms with van der Waals surface area (Å²) in [5, 5.41) is 2.99. The van der Waals surface area contributed by atoms with Crippen molar-refractivity contribution in [3.8, 4) is 0 Å². The van der Waals surface area contributed by atoms with Gasteiger partial charge in [0.25, 0.3) is 5.91 Å². The summed E-state index contributed by atoms with van der Waals surface area (Å²) >= 11 is 3.20. The molecule has 0 saturated carbocycles. The molecule has 3 rings (SSSR count). The number of nitrogens with one attached hydrogen (secondary N) is 2. The molecule has 2 heterocycles. The molecule has 0 radical (unpaired) electrons. The highest BCUT2D eigenvalue weighted by Crippen LogP contribution is 2.19. The van der Waals surface area contributed by atoms with Gasteiger partial charge in [-0.3, -0.25) is 4.79 Å². The van der Waals surface area contributed by atoms with E-state index >= 15 is 0 Å². The molecule has 0 bridgehead atoms. The number of imidazole rings is 1. The van der Waals surface area contributed by atoms with Crippen LogP contribution in [0.4, 0.5) is 0 Å². The zero-order valence-electron chi connectivity index (χ0n) is 11.6. The third-order valence-corrected chi connectivity index (χ3v) is 3.68. The Labute approximate surface area is 135 Å². The van der Waals surface area contributed by atoms with E-state index in [-0.39, 0.29) is 17.7 Å². The van der Waals surface area contributed by atoms with Crippen LogP contribution in [0.25, 0.3) is 0 Å². The van der Waals surface area contributed by atoms with Crippen molar-refractivity contribution in [3.05, 3.63) is 76.7 Å². The molecule has 0 fully saturated rings. The lowest BCUT2D eigenvalue weighted by Crippen LogP contribution is -2.30. The Bertz CT molecular complexity index is 738. The fourth-order valence-corrected chi connectivity index (χ4v) is 2.51. The first-order chi connectivity index (χ1) is 10.7. The van der Waals surface area contributed by atoms with Crippen LogP contribution in [-0.4, -0.2) is 15.9 Å². The lowest BCUT2D eigenvalue weighted by molar-refractivity contribution is 0.0907. The fraction of sp³-hybridized carbons (Fsp3) is 0.125. The van der Waals surface area contributed by atoms with Gasteiger partial charge < -0.3 is 14.7 Å². The highest BCUT2D eigenvalue weighted by Gasteiger charge is 2.19. The summed E-state index contributed by atoms with van der Waals surface area (Å²) in [6, 6.07) is 12.9. The molecule has 0 saturated heterocycles. The van der Waals surface area contributed by atoms with Gasteiger partial charge in [0.05, 0.1) is 6.04 Å². The predicted molar refractivity (Wildman–Crippen MR) is 85.3 cm³/mol. The van der Waals surface area contributed by atoms with E-state index in [0.717, 1.165) is 11.4 Å². The molecule has 0 aliphatic carbocycles.